The van der Waals surface area contributed by atoms with Crippen molar-refractivity contribution in [2.24, 2.45) is 11.5 Å². The Morgan fingerprint density at radius 2 is 1.94 bits per heavy atom. The Hall–Kier alpha value is -1.54. The number of nitrogens with one attached hydrogen (secondary N) is 1. The second kappa shape index (κ2) is 7.72. The number of alkyl halides is 1. The van der Waals surface area contributed by atoms with E-state index in [-0.39, 0.29) is 12.8 Å². The Balaban J connectivity index is 4.09. The molecule has 0 aliphatic carbocycles. The van der Waals surface area contributed by atoms with Gasteiger partial charge in [0.05, 0.1) is 12.1 Å². The second-order valence-corrected chi connectivity index (χ2v) is 4.00. The van der Waals surface area contributed by atoms with Gasteiger partial charge in [-0.05, 0) is 19.8 Å². The number of rotatable bonds is 8. The van der Waals surface area contributed by atoms with Gasteiger partial charge in [0.25, 0.3) is 0 Å². The van der Waals surface area contributed by atoms with Crippen LogP contribution in [-0.4, -0.2) is 47.6 Å². The Kier molecular flexibility index (Phi) is 7.06. The molecule has 6 N–H and O–H groups in total. The third-order valence-corrected chi connectivity index (χ3v) is 2.34. The minimum absolute atomic E-state index is 0.0560. The molecule has 0 aromatic carbocycles. The first-order valence-electron chi connectivity index (χ1n) is 5.43. The summed E-state index contributed by atoms with van der Waals surface area (Å²) in [7, 11) is 0. The van der Waals surface area contributed by atoms with Crippen LogP contribution in [0.15, 0.2) is 0 Å². The predicted octanol–water partition coefficient (Wildman–Crippen LogP) is -1.45. The van der Waals surface area contributed by atoms with Crippen LogP contribution in [-0.2, 0) is 14.4 Å². The first kappa shape index (κ1) is 16.5. The van der Waals surface area contributed by atoms with E-state index in [1.165, 1.54) is 6.92 Å². The number of carbonyl (C=O) groups is 3. The van der Waals surface area contributed by atoms with Crippen molar-refractivity contribution in [1.82, 2.24) is 5.32 Å². The highest BCUT2D eigenvalue weighted by atomic mass is 19.1. The Labute approximate surface area is 104 Å². The lowest BCUT2D eigenvalue weighted by atomic mass is 10.0. The molecule has 4 atom stereocenters. The molecule has 0 aliphatic rings. The molecule has 7 nitrogen and oxygen atoms in total. The first-order valence-corrected chi connectivity index (χ1v) is 5.43. The number of carboxylic acids is 1. The van der Waals surface area contributed by atoms with Crippen molar-refractivity contribution in [3.8, 4) is 0 Å². The van der Waals surface area contributed by atoms with Crippen LogP contribution in [0.25, 0.3) is 0 Å². The largest absolute Gasteiger partial charge is 0.480 e. The van der Waals surface area contributed by atoms with Crippen molar-refractivity contribution in [2.45, 2.75) is 44.1 Å². The van der Waals surface area contributed by atoms with E-state index < -0.39 is 36.2 Å². The third kappa shape index (κ3) is 5.69. The van der Waals surface area contributed by atoms with Crippen LogP contribution in [0.5, 0.6) is 0 Å². The van der Waals surface area contributed by atoms with Gasteiger partial charge in [0.2, 0.25) is 5.91 Å². The predicted molar refractivity (Wildman–Crippen MR) is 61.4 cm³/mol. The van der Waals surface area contributed by atoms with Crippen LogP contribution in [0.1, 0.15) is 19.8 Å². The molecule has 1 amide bonds. The summed E-state index contributed by atoms with van der Waals surface area (Å²) in [6, 6.07) is -3.31. The van der Waals surface area contributed by atoms with E-state index in [0.29, 0.717) is 6.29 Å². The highest BCUT2D eigenvalue weighted by Crippen LogP contribution is 2.08. The summed E-state index contributed by atoms with van der Waals surface area (Å²) in [5.41, 5.74) is 10.5. The van der Waals surface area contributed by atoms with E-state index in [4.69, 9.17) is 16.6 Å². The molecule has 0 radical (unpaired) electrons. The molecule has 0 rings (SSSR count). The fourth-order valence-corrected chi connectivity index (χ4v) is 1.17. The van der Waals surface area contributed by atoms with Crippen molar-refractivity contribution in [1.29, 1.82) is 0 Å². The second-order valence-electron chi connectivity index (χ2n) is 4.00. The topological polar surface area (TPSA) is 136 Å². The molecule has 0 aromatic heterocycles. The molecule has 0 aromatic rings. The molecule has 8 heteroatoms. The summed E-state index contributed by atoms with van der Waals surface area (Å²) >= 11 is 0. The number of hydrogen-bond donors (Lipinski definition) is 4. The van der Waals surface area contributed by atoms with E-state index in [2.05, 4.69) is 5.32 Å². The molecule has 0 saturated heterocycles. The van der Waals surface area contributed by atoms with Crippen molar-refractivity contribution < 1.29 is 23.9 Å². The molecule has 0 fully saturated rings. The summed E-state index contributed by atoms with van der Waals surface area (Å²) in [4.78, 5) is 32.0. The maximum absolute atomic E-state index is 13.3. The van der Waals surface area contributed by atoms with Gasteiger partial charge in [-0.15, -0.1) is 0 Å². The van der Waals surface area contributed by atoms with Crippen molar-refractivity contribution in [3.05, 3.63) is 0 Å². The number of halogens is 1. The van der Waals surface area contributed by atoms with Gasteiger partial charge in [0, 0.05) is 0 Å². The average Bonchev–Trinajstić information content (AvgIpc) is 2.33. The minimum Gasteiger partial charge on any atom is -0.480 e. The number of aliphatic carboxylic acids is 1. The zero-order chi connectivity index (χ0) is 14.3. The summed E-state index contributed by atoms with van der Waals surface area (Å²) in [5, 5.41) is 10.8. The quantitative estimate of drug-likeness (QED) is 0.395. The average molecular weight is 263 g/mol. The zero-order valence-corrected chi connectivity index (χ0v) is 10.0. The van der Waals surface area contributed by atoms with Gasteiger partial charge in [0.1, 0.15) is 18.5 Å². The monoisotopic (exact) mass is 263 g/mol. The highest BCUT2D eigenvalue weighted by molar-refractivity contribution is 5.84. The van der Waals surface area contributed by atoms with Crippen LogP contribution >= 0.6 is 0 Å². The maximum Gasteiger partial charge on any atom is 0.323 e. The molecule has 0 saturated carbocycles. The summed E-state index contributed by atoms with van der Waals surface area (Å²) < 4.78 is 13.3. The Morgan fingerprint density at radius 3 is 2.39 bits per heavy atom. The van der Waals surface area contributed by atoms with Crippen LogP contribution in [0.4, 0.5) is 4.39 Å². The molecule has 18 heavy (non-hydrogen) atoms. The van der Waals surface area contributed by atoms with Gasteiger partial charge in [-0.25, -0.2) is 4.39 Å². The van der Waals surface area contributed by atoms with Gasteiger partial charge < -0.3 is 26.7 Å². The van der Waals surface area contributed by atoms with Gasteiger partial charge in [0.15, 0.2) is 0 Å². The van der Waals surface area contributed by atoms with Crippen LogP contribution in [0, 0.1) is 0 Å². The van der Waals surface area contributed by atoms with Gasteiger partial charge in [-0.1, -0.05) is 0 Å². The zero-order valence-electron chi connectivity index (χ0n) is 10.0. The lowest BCUT2D eigenvalue weighted by Crippen LogP contribution is -2.46. The molecule has 0 aliphatic heterocycles. The number of carbonyl (C=O) groups excluding carboxylic acids is 2. The summed E-state index contributed by atoms with van der Waals surface area (Å²) in [6.07, 6.45) is -1.54. The van der Waals surface area contributed by atoms with Crippen LogP contribution in [0.2, 0.25) is 0 Å². The van der Waals surface area contributed by atoms with Crippen LogP contribution in [0.3, 0.4) is 0 Å². The first-order chi connectivity index (χ1) is 8.29. The molecule has 0 bridgehead atoms. The molecule has 0 spiro atoms. The maximum atomic E-state index is 13.3. The van der Waals surface area contributed by atoms with Gasteiger partial charge in [-0.2, -0.15) is 0 Å². The van der Waals surface area contributed by atoms with Gasteiger partial charge in [-0.3, -0.25) is 9.59 Å². The van der Waals surface area contributed by atoms with Crippen molar-refractivity contribution in [3.63, 3.8) is 0 Å². The minimum atomic E-state index is -1.77. The third-order valence-electron chi connectivity index (χ3n) is 2.34. The molecule has 2 unspecified atom stereocenters. The molecule has 104 valence electrons. The molecular weight excluding hydrogens is 245 g/mol. The van der Waals surface area contributed by atoms with E-state index in [1.54, 1.807) is 0 Å². The molecule has 0 heterocycles. The normalized spacial score (nSPS) is 17.3. The fraction of sp³-hybridized carbons (Fsp3) is 0.700. The Morgan fingerprint density at radius 1 is 1.39 bits per heavy atom. The number of amides is 1. The lowest BCUT2D eigenvalue weighted by molar-refractivity contribution is -0.140. The van der Waals surface area contributed by atoms with E-state index in [9.17, 15) is 18.8 Å². The number of aldehydes is 1. The van der Waals surface area contributed by atoms with E-state index in [1.807, 2.05) is 0 Å². The van der Waals surface area contributed by atoms with Crippen LogP contribution < -0.4 is 16.8 Å². The lowest BCUT2D eigenvalue weighted by Gasteiger charge is -2.16. The number of nitrogens with two attached hydrogens (primary N) is 2. The SMILES string of the molecule is C[C@@H](C=O)NC(=O)[C@@H](N)CCC(F)C(N)C(=O)O. The standard InChI is InChI=1S/C10H18FN3O4/c1-5(4-15)14-9(16)7(12)3-2-6(11)8(13)10(17)18/h4-8H,2-3,12-13H2,1H3,(H,14,16)(H,17,18)/t5-,6?,7-,8?/m0/s1. The molecular formula is C10H18FN3O4. The van der Waals surface area contributed by atoms with E-state index >= 15 is 0 Å². The van der Waals surface area contributed by atoms with Gasteiger partial charge >= 0.3 is 5.97 Å². The van der Waals surface area contributed by atoms with Crippen molar-refractivity contribution in [2.75, 3.05) is 0 Å². The number of carboxylic acid groups (broad SMARTS) is 1. The highest BCUT2D eigenvalue weighted by Gasteiger charge is 2.25. The summed E-state index contributed by atoms with van der Waals surface area (Å²) in [6.45, 7) is 1.47. The Bertz CT molecular complexity index is 313. The fourth-order valence-electron chi connectivity index (χ4n) is 1.17. The number of hydrogen-bond acceptors (Lipinski definition) is 5. The smallest absolute Gasteiger partial charge is 0.323 e. The summed E-state index contributed by atoms with van der Waals surface area (Å²) in [5.74, 6) is -2.04. The van der Waals surface area contributed by atoms with Crippen molar-refractivity contribution >= 4 is 18.2 Å². The van der Waals surface area contributed by atoms with E-state index in [0.717, 1.165) is 0 Å².